The lowest BCUT2D eigenvalue weighted by atomic mass is 9.57. The molecule has 1 N–H and O–H groups in total. The van der Waals surface area contributed by atoms with E-state index >= 15 is 0 Å². The predicted octanol–water partition coefficient (Wildman–Crippen LogP) is 2.09. The SMILES string of the molecule is CC(C)C(C)(O)C1(C#N)CCC1. The topological polar surface area (TPSA) is 44.0 Å². The Kier molecular flexibility index (Phi) is 2.18. The van der Waals surface area contributed by atoms with E-state index in [1.807, 2.05) is 13.8 Å². The van der Waals surface area contributed by atoms with E-state index in [0.29, 0.717) is 0 Å². The minimum Gasteiger partial charge on any atom is -0.388 e. The molecule has 0 saturated heterocycles. The molecule has 1 saturated carbocycles. The van der Waals surface area contributed by atoms with Gasteiger partial charge in [0.25, 0.3) is 0 Å². The summed E-state index contributed by atoms with van der Waals surface area (Å²) in [7, 11) is 0. The van der Waals surface area contributed by atoms with Gasteiger partial charge in [-0.15, -0.1) is 0 Å². The molecule has 68 valence electrons. The Bertz CT molecular complexity index is 208. The molecular formula is C10H17NO. The van der Waals surface area contributed by atoms with E-state index in [-0.39, 0.29) is 5.92 Å². The van der Waals surface area contributed by atoms with Crippen molar-refractivity contribution in [2.45, 2.75) is 45.6 Å². The summed E-state index contributed by atoms with van der Waals surface area (Å²) in [5.41, 5.74) is -1.28. The van der Waals surface area contributed by atoms with Gasteiger partial charge in [-0.05, 0) is 25.7 Å². The van der Waals surface area contributed by atoms with Crippen LogP contribution in [0.2, 0.25) is 0 Å². The maximum atomic E-state index is 10.1. The molecular weight excluding hydrogens is 150 g/mol. The van der Waals surface area contributed by atoms with Crippen molar-refractivity contribution in [2.24, 2.45) is 11.3 Å². The van der Waals surface area contributed by atoms with Crippen molar-refractivity contribution in [2.75, 3.05) is 0 Å². The molecule has 0 heterocycles. The van der Waals surface area contributed by atoms with E-state index in [2.05, 4.69) is 6.07 Å². The van der Waals surface area contributed by atoms with Gasteiger partial charge in [0.2, 0.25) is 0 Å². The molecule has 0 aliphatic heterocycles. The number of aliphatic hydroxyl groups is 1. The minimum absolute atomic E-state index is 0.150. The van der Waals surface area contributed by atoms with Gasteiger partial charge in [-0.2, -0.15) is 5.26 Å². The zero-order chi connectivity index (χ0) is 9.41. The van der Waals surface area contributed by atoms with E-state index < -0.39 is 11.0 Å². The number of nitriles is 1. The maximum Gasteiger partial charge on any atom is 0.0860 e. The van der Waals surface area contributed by atoms with Crippen LogP contribution in [0.1, 0.15) is 40.0 Å². The Morgan fingerprint density at radius 1 is 1.50 bits per heavy atom. The molecule has 1 atom stereocenters. The van der Waals surface area contributed by atoms with Crippen LogP contribution in [0, 0.1) is 22.7 Å². The molecule has 1 aliphatic rings. The van der Waals surface area contributed by atoms with E-state index in [4.69, 9.17) is 5.26 Å². The quantitative estimate of drug-likeness (QED) is 0.684. The van der Waals surface area contributed by atoms with Crippen molar-refractivity contribution in [1.82, 2.24) is 0 Å². The Morgan fingerprint density at radius 3 is 2.08 bits per heavy atom. The molecule has 12 heavy (non-hydrogen) atoms. The molecule has 2 nitrogen and oxygen atoms in total. The van der Waals surface area contributed by atoms with Crippen molar-refractivity contribution in [3.8, 4) is 6.07 Å². The van der Waals surface area contributed by atoms with E-state index in [9.17, 15) is 5.11 Å². The molecule has 0 spiro atoms. The summed E-state index contributed by atoms with van der Waals surface area (Å²) in [6, 6.07) is 2.29. The normalized spacial score (nSPS) is 25.7. The average Bonchev–Trinajstić information content (AvgIpc) is 1.85. The van der Waals surface area contributed by atoms with Gasteiger partial charge in [-0.25, -0.2) is 0 Å². The third kappa shape index (κ3) is 1.04. The second-order valence-corrected chi connectivity index (χ2v) is 4.35. The van der Waals surface area contributed by atoms with E-state index in [1.54, 1.807) is 6.92 Å². The highest BCUT2D eigenvalue weighted by Gasteiger charge is 2.53. The second kappa shape index (κ2) is 2.74. The van der Waals surface area contributed by atoms with Crippen LogP contribution in [-0.4, -0.2) is 10.7 Å². The first-order valence-electron chi connectivity index (χ1n) is 4.60. The summed E-state index contributed by atoms with van der Waals surface area (Å²) >= 11 is 0. The molecule has 1 rings (SSSR count). The van der Waals surface area contributed by atoms with Crippen LogP contribution in [0.3, 0.4) is 0 Å². The van der Waals surface area contributed by atoms with Gasteiger partial charge in [0, 0.05) is 0 Å². The van der Waals surface area contributed by atoms with Gasteiger partial charge in [-0.1, -0.05) is 20.3 Å². The smallest absolute Gasteiger partial charge is 0.0860 e. The summed E-state index contributed by atoms with van der Waals surface area (Å²) < 4.78 is 0. The third-order valence-electron chi connectivity index (χ3n) is 3.51. The van der Waals surface area contributed by atoms with Crippen LogP contribution in [0.4, 0.5) is 0 Å². The molecule has 0 aromatic rings. The van der Waals surface area contributed by atoms with Gasteiger partial charge < -0.3 is 5.11 Å². The molecule has 2 heteroatoms. The zero-order valence-electron chi connectivity index (χ0n) is 8.09. The average molecular weight is 167 g/mol. The molecule has 0 amide bonds. The van der Waals surface area contributed by atoms with Gasteiger partial charge in [0.15, 0.2) is 0 Å². The standard InChI is InChI=1S/C10H17NO/c1-8(2)9(3,12)10(7-11)5-4-6-10/h8,12H,4-6H2,1-3H3. The molecule has 0 radical (unpaired) electrons. The van der Waals surface area contributed by atoms with Crippen molar-refractivity contribution in [3.05, 3.63) is 0 Å². The van der Waals surface area contributed by atoms with Gasteiger partial charge in [0.1, 0.15) is 0 Å². The third-order valence-corrected chi connectivity index (χ3v) is 3.51. The molecule has 0 aromatic carbocycles. The van der Waals surface area contributed by atoms with Gasteiger partial charge in [0.05, 0.1) is 17.1 Å². The summed E-state index contributed by atoms with van der Waals surface area (Å²) in [4.78, 5) is 0. The monoisotopic (exact) mass is 167 g/mol. The Labute approximate surface area is 74.2 Å². The summed E-state index contributed by atoms with van der Waals surface area (Å²) in [5, 5.41) is 19.2. The number of hydrogen-bond acceptors (Lipinski definition) is 2. The van der Waals surface area contributed by atoms with Crippen molar-refractivity contribution >= 4 is 0 Å². The van der Waals surface area contributed by atoms with E-state index in [1.165, 1.54) is 0 Å². The lowest BCUT2D eigenvalue weighted by molar-refractivity contribution is -0.111. The minimum atomic E-state index is -0.819. The highest BCUT2D eigenvalue weighted by Crippen LogP contribution is 2.51. The first kappa shape index (κ1) is 9.54. The fourth-order valence-electron chi connectivity index (χ4n) is 1.81. The largest absolute Gasteiger partial charge is 0.388 e. The Hall–Kier alpha value is -0.550. The summed E-state index contributed by atoms with van der Waals surface area (Å²) in [6.07, 6.45) is 2.79. The van der Waals surface area contributed by atoms with Crippen LogP contribution < -0.4 is 0 Å². The van der Waals surface area contributed by atoms with Gasteiger partial charge in [-0.3, -0.25) is 0 Å². The van der Waals surface area contributed by atoms with Crippen LogP contribution in [0.25, 0.3) is 0 Å². The first-order valence-corrected chi connectivity index (χ1v) is 4.60. The van der Waals surface area contributed by atoms with Crippen molar-refractivity contribution in [3.63, 3.8) is 0 Å². The van der Waals surface area contributed by atoms with Crippen LogP contribution in [0.5, 0.6) is 0 Å². The number of nitrogens with zero attached hydrogens (tertiary/aromatic N) is 1. The molecule has 0 bridgehead atoms. The molecule has 1 unspecified atom stereocenters. The molecule has 0 aromatic heterocycles. The van der Waals surface area contributed by atoms with Crippen LogP contribution in [0.15, 0.2) is 0 Å². The lowest BCUT2D eigenvalue weighted by Crippen LogP contribution is -2.52. The predicted molar refractivity (Wildman–Crippen MR) is 47.4 cm³/mol. The first-order chi connectivity index (χ1) is 5.46. The van der Waals surface area contributed by atoms with Gasteiger partial charge >= 0.3 is 0 Å². The number of rotatable bonds is 2. The fraction of sp³-hybridized carbons (Fsp3) is 0.900. The second-order valence-electron chi connectivity index (χ2n) is 4.35. The highest BCUT2D eigenvalue weighted by atomic mass is 16.3. The molecule has 1 fully saturated rings. The van der Waals surface area contributed by atoms with Crippen LogP contribution >= 0.6 is 0 Å². The van der Waals surface area contributed by atoms with Crippen molar-refractivity contribution in [1.29, 1.82) is 5.26 Å². The van der Waals surface area contributed by atoms with E-state index in [0.717, 1.165) is 19.3 Å². The Balaban J connectivity index is 2.86. The number of hydrogen-bond donors (Lipinski definition) is 1. The summed E-state index contributed by atoms with van der Waals surface area (Å²) in [5.74, 6) is 0.150. The lowest BCUT2D eigenvalue weighted by Gasteiger charge is -2.48. The zero-order valence-corrected chi connectivity index (χ0v) is 8.09. The Morgan fingerprint density at radius 2 is 2.00 bits per heavy atom. The van der Waals surface area contributed by atoms with Crippen LogP contribution in [-0.2, 0) is 0 Å². The summed E-state index contributed by atoms with van der Waals surface area (Å²) in [6.45, 7) is 5.73. The molecule has 1 aliphatic carbocycles. The maximum absolute atomic E-state index is 10.1. The highest BCUT2D eigenvalue weighted by molar-refractivity contribution is 5.15. The van der Waals surface area contributed by atoms with Crippen molar-refractivity contribution < 1.29 is 5.11 Å². The fourth-order valence-corrected chi connectivity index (χ4v) is 1.81.